The van der Waals surface area contributed by atoms with Gasteiger partial charge in [-0.3, -0.25) is 0 Å². The van der Waals surface area contributed by atoms with Crippen molar-refractivity contribution < 1.29 is 8.42 Å². The van der Waals surface area contributed by atoms with Gasteiger partial charge in [0.25, 0.3) is 0 Å². The van der Waals surface area contributed by atoms with Crippen LogP contribution < -0.4 is 10.5 Å². The topological polar surface area (TPSA) is 75.4 Å². The van der Waals surface area contributed by atoms with Crippen molar-refractivity contribution in [1.82, 2.24) is 9.62 Å². The minimum Gasteiger partial charge on any atom is -0.326 e. The molecule has 3 saturated heterocycles. The third-order valence-corrected chi connectivity index (χ3v) is 6.46. The first-order chi connectivity index (χ1) is 9.99. The molecule has 116 valence electrons. The van der Waals surface area contributed by atoms with Crippen LogP contribution in [0.4, 0.5) is 0 Å². The van der Waals surface area contributed by atoms with Crippen molar-refractivity contribution in [3.05, 3.63) is 28.8 Å². The summed E-state index contributed by atoms with van der Waals surface area (Å²) in [6.07, 6.45) is 2.12. The average Bonchev–Trinajstić information content (AvgIpc) is 2.48. The van der Waals surface area contributed by atoms with Crippen molar-refractivity contribution in [2.45, 2.75) is 30.3 Å². The Labute approximate surface area is 130 Å². The lowest BCUT2D eigenvalue weighted by Gasteiger charge is -2.44. The van der Waals surface area contributed by atoms with E-state index in [2.05, 4.69) is 9.62 Å². The molecule has 1 aromatic carbocycles. The molecule has 0 amide bonds. The summed E-state index contributed by atoms with van der Waals surface area (Å²) in [5.74, 6) is 0.432. The van der Waals surface area contributed by atoms with E-state index in [-0.39, 0.29) is 16.0 Å². The molecular weight excluding hydrogens is 310 g/mol. The molecule has 2 bridgehead atoms. The smallest absolute Gasteiger partial charge is 0.242 e. The highest BCUT2D eigenvalue weighted by atomic mass is 35.5. The normalized spacial score (nSPS) is 28.8. The molecule has 1 atom stereocenters. The van der Waals surface area contributed by atoms with E-state index in [9.17, 15) is 8.42 Å². The van der Waals surface area contributed by atoms with Crippen molar-refractivity contribution in [2.24, 2.45) is 11.7 Å². The molecule has 1 aromatic rings. The van der Waals surface area contributed by atoms with E-state index in [1.165, 1.54) is 0 Å². The van der Waals surface area contributed by atoms with E-state index >= 15 is 0 Å². The van der Waals surface area contributed by atoms with Crippen LogP contribution in [0.2, 0.25) is 5.02 Å². The van der Waals surface area contributed by atoms with Gasteiger partial charge >= 0.3 is 0 Å². The number of sulfonamides is 1. The Kier molecular flexibility index (Phi) is 4.25. The maximum atomic E-state index is 12.6. The lowest BCUT2D eigenvalue weighted by Crippen LogP contribution is -2.57. The first-order valence-corrected chi connectivity index (χ1v) is 9.09. The van der Waals surface area contributed by atoms with Gasteiger partial charge < -0.3 is 10.6 Å². The Bertz CT molecular complexity index is 627. The fraction of sp³-hybridized carbons (Fsp3) is 0.571. The zero-order valence-electron chi connectivity index (χ0n) is 11.8. The molecule has 4 rings (SSSR count). The maximum absolute atomic E-state index is 12.6. The van der Waals surface area contributed by atoms with Crippen LogP contribution in [0.1, 0.15) is 18.4 Å². The second-order valence-electron chi connectivity index (χ2n) is 5.83. The van der Waals surface area contributed by atoms with E-state index in [4.69, 9.17) is 17.3 Å². The molecule has 0 saturated carbocycles. The molecule has 21 heavy (non-hydrogen) atoms. The van der Waals surface area contributed by atoms with Crippen LogP contribution in [-0.2, 0) is 16.6 Å². The summed E-state index contributed by atoms with van der Waals surface area (Å²) in [4.78, 5) is 2.44. The number of fused-ring (bicyclic) bond motifs is 3. The first kappa shape index (κ1) is 15.2. The number of benzene rings is 1. The quantitative estimate of drug-likeness (QED) is 0.869. The van der Waals surface area contributed by atoms with Gasteiger partial charge in [0.05, 0.1) is 5.02 Å². The fourth-order valence-electron chi connectivity index (χ4n) is 3.24. The lowest BCUT2D eigenvalue weighted by molar-refractivity contribution is 0.0827. The Hall–Kier alpha value is -0.660. The van der Waals surface area contributed by atoms with Crippen LogP contribution >= 0.6 is 11.6 Å². The number of nitrogens with two attached hydrogens (primary N) is 1. The highest BCUT2D eigenvalue weighted by Crippen LogP contribution is 2.30. The number of nitrogens with one attached hydrogen (secondary N) is 1. The highest BCUT2D eigenvalue weighted by Gasteiger charge is 2.36. The van der Waals surface area contributed by atoms with E-state index in [1.54, 1.807) is 18.2 Å². The summed E-state index contributed by atoms with van der Waals surface area (Å²) in [6.45, 7) is 3.23. The molecule has 7 heteroatoms. The van der Waals surface area contributed by atoms with Gasteiger partial charge in [-0.25, -0.2) is 13.1 Å². The Morgan fingerprint density at radius 2 is 2.05 bits per heavy atom. The van der Waals surface area contributed by atoms with E-state index < -0.39 is 10.0 Å². The van der Waals surface area contributed by atoms with Crippen LogP contribution in [-0.4, -0.2) is 39.0 Å². The largest absolute Gasteiger partial charge is 0.326 e. The zero-order chi connectivity index (χ0) is 15.0. The van der Waals surface area contributed by atoms with Gasteiger partial charge in [-0.05, 0) is 49.5 Å². The highest BCUT2D eigenvalue weighted by molar-refractivity contribution is 7.89. The SMILES string of the molecule is NCc1ccc(Cl)c(S(=O)(=O)NC2CN3CCC2CC3)c1. The Balaban J connectivity index is 1.84. The summed E-state index contributed by atoms with van der Waals surface area (Å²) in [5.41, 5.74) is 6.34. The van der Waals surface area contributed by atoms with Gasteiger partial charge in [0.2, 0.25) is 10.0 Å². The fourth-order valence-corrected chi connectivity index (χ4v) is 5.09. The average molecular weight is 330 g/mol. The Morgan fingerprint density at radius 1 is 1.33 bits per heavy atom. The molecule has 3 aliphatic rings. The van der Waals surface area contributed by atoms with Gasteiger partial charge in [-0.15, -0.1) is 0 Å². The molecule has 5 nitrogen and oxygen atoms in total. The number of hydrogen-bond acceptors (Lipinski definition) is 4. The predicted molar refractivity (Wildman–Crippen MR) is 82.6 cm³/mol. The van der Waals surface area contributed by atoms with Crippen LogP contribution in [0, 0.1) is 5.92 Å². The van der Waals surface area contributed by atoms with Crippen LogP contribution in [0.15, 0.2) is 23.1 Å². The van der Waals surface area contributed by atoms with Crippen LogP contribution in [0.25, 0.3) is 0 Å². The van der Waals surface area contributed by atoms with E-state index in [1.807, 2.05) is 0 Å². The predicted octanol–water partition coefficient (Wildman–Crippen LogP) is 1.17. The van der Waals surface area contributed by atoms with Crippen molar-refractivity contribution in [2.75, 3.05) is 19.6 Å². The molecule has 0 aromatic heterocycles. The summed E-state index contributed by atoms with van der Waals surface area (Å²) in [7, 11) is -3.61. The standard InChI is InChI=1S/C14H20ClN3O2S/c15-12-2-1-10(8-16)7-14(12)21(19,20)17-13-9-18-5-3-11(13)4-6-18/h1-2,7,11,13,17H,3-6,8-9,16H2. The molecule has 3 aliphatic heterocycles. The maximum Gasteiger partial charge on any atom is 0.242 e. The number of halogens is 1. The molecule has 1 unspecified atom stereocenters. The summed E-state index contributed by atoms with van der Waals surface area (Å²) in [5, 5.41) is 0.237. The number of rotatable bonds is 4. The minimum atomic E-state index is -3.61. The Morgan fingerprint density at radius 3 is 2.62 bits per heavy atom. The molecule has 3 N–H and O–H groups in total. The van der Waals surface area contributed by atoms with Crippen LogP contribution in [0.3, 0.4) is 0 Å². The van der Waals surface area contributed by atoms with Gasteiger partial charge in [0, 0.05) is 19.1 Å². The van der Waals surface area contributed by atoms with Gasteiger partial charge in [0.15, 0.2) is 0 Å². The third-order valence-electron chi connectivity index (χ3n) is 4.48. The number of piperidine rings is 3. The number of hydrogen-bond donors (Lipinski definition) is 2. The first-order valence-electron chi connectivity index (χ1n) is 7.23. The molecule has 3 fully saturated rings. The van der Waals surface area contributed by atoms with E-state index in [0.29, 0.717) is 12.5 Å². The molecule has 0 radical (unpaired) electrons. The van der Waals surface area contributed by atoms with Crippen molar-refractivity contribution >= 4 is 21.6 Å². The second kappa shape index (κ2) is 5.85. The van der Waals surface area contributed by atoms with Crippen molar-refractivity contribution in [3.8, 4) is 0 Å². The lowest BCUT2D eigenvalue weighted by atomic mass is 9.85. The molecular formula is C14H20ClN3O2S. The summed E-state index contributed by atoms with van der Waals surface area (Å²) < 4.78 is 28.1. The van der Waals surface area contributed by atoms with Crippen LogP contribution in [0.5, 0.6) is 0 Å². The second-order valence-corrected chi connectivity index (χ2v) is 7.92. The van der Waals surface area contributed by atoms with Crippen molar-refractivity contribution in [1.29, 1.82) is 0 Å². The molecule has 0 aliphatic carbocycles. The van der Waals surface area contributed by atoms with Crippen molar-refractivity contribution in [3.63, 3.8) is 0 Å². The monoisotopic (exact) mass is 329 g/mol. The summed E-state index contributed by atoms with van der Waals surface area (Å²) in [6, 6.07) is 4.88. The minimum absolute atomic E-state index is 0.0184. The molecule has 0 spiro atoms. The molecule has 3 heterocycles. The van der Waals surface area contributed by atoms with Gasteiger partial charge in [0.1, 0.15) is 4.90 Å². The summed E-state index contributed by atoms with van der Waals surface area (Å²) >= 11 is 6.06. The third kappa shape index (κ3) is 3.10. The van der Waals surface area contributed by atoms with Gasteiger partial charge in [-0.1, -0.05) is 17.7 Å². The number of nitrogens with zero attached hydrogens (tertiary/aromatic N) is 1. The zero-order valence-corrected chi connectivity index (χ0v) is 13.3. The van der Waals surface area contributed by atoms with Gasteiger partial charge in [-0.2, -0.15) is 0 Å². The van der Waals surface area contributed by atoms with E-state index in [0.717, 1.165) is 38.0 Å².